The van der Waals surface area contributed by atoms with Gasteiger partial charge in [-0.25, -0.2) is 0 Å². The second-order valence-corrected chi connectivity index (χ2v) is 4.07. The van der Waals surface area contributed by atoms with Gasteiger partial charge in [-0.3, -0.25) is 9.09 Å². The van der Waals surface area contributed by atoms with E-state index >= 15 is 0 Å². The summed E-state index contributed by atoms with van der Waals surface area (Å²) in [4.78, 5) is 0. The molecule has 72 valence electrons. The number of rotatable bonds is 7. The summed E-state index contributed by atoms with van der Waals surface area (Å²) >= 11 is 0. The van der Waals surface area contributed by atoms with E-state index in [9.17, 15) is 4.57 Å². The molecule has 0 aromatic rings. The first-order valence-corrected chi connectivity index (χ1v) is 5.21. The van der Waals surface area contributed by atoms with Gasteiger partial charge in [0.25, 0.3) is 0 Å². The van der Waals surface area contributed by atoms with Crippen molar-refractivity contribution < 1.29 is 13.6 Å². The summed E-state index contributed by atoms with van der Waals surface area (Å²) in [7, 11) is -3.05. The van der Waals surface area contributed by atoms with E-state index in [0.717, 1.165) is 0 Å². The Labute approximate surface area is 101 Å². The van der Waals surface area contributed by atoms with Crippen LogP contribution < -0.4 is 5.73 Å². The molecule has 1 unspecified atom stereocenters. The summed E-state index contributed by atoms with van der Waals surface area (Å²) in [6, 6.07) is 0. The fourth-order valence-electron chi connectivity index (χ4n) is 0.581. The molecule has 0 aliphatic carbocycles. The topological polar surface area (TPSA) is 61.5 Å². The standard InChI is InChI=1S/C7H14NO3P.Na.H/c1-3-5-10-12(9,6-4-2)11-7-8;;/h3-4H,1-2,5-8H2;;. The van der Waals surface area contributed by atoms with Gasteiger partial charge in [-0.2, -0.15) is 0 Å². The second-order valence-electron chi connectivity index (χ2n) is 1.96. The van der Waals surface area contributed by atoms with Gasteiger partial charge in [0.15, 0.2) is 0 Å². The molecule has 2 N–H and O–H groups in total. The first kappa shape index (κ1) is 16.0. The van der Waals surface area contributed by atoms with Crippen molar-refractivity contribution in [3.8, 4) is 0 Å². The van der Waals surface area contributed by atoms with Crippen LogP contribution in [0.5, 0.6) is 0 Å². The van der Waals surface area contributed by atoms with Crippen molar-refractivity contribution in [2.75, 3.05) is 19.5 Å². The summed E-state index contributed by atoms with van der Waals surface area (Å²) < 4.78 is 21.2. The van der Waals surface area contributed by atoms with E-state index in [1.54, 1.807) is 0 Å². The van der Waals surface area contributed by atoms with Crippen molar-refractivity contribution in [2.45, 2.75) is 0 Å². The molecule has 0 radical (unpaired) electrons. The first-order chi connectivity index (χ1) is 5.68. The predicted molar refractivity (Wildman–Crippen MR) is 56.1 cm³/mol. The van der Waals surface area contributed by atoms with Gasteiger partial charge in [0, 0.05) is 0 Å². The van der Waals surface area contributed by atoms with Crippen LogP contribution in [-0.4, -0.2) is 49.1 Å². The molecular formula is C7H15NNaO3P. The van der Waals surface area contributed by atoms with Gasteiger partial charge in [-0.05, 0) is 0 Å². The Kier molecular flexibility index (Phi) is 11.3. The zero-order valence-electron chi connectivity index (χ0n) is 6.94. The van der Waals surface area contributed by atoms with Crippen LogP contribution in [0.2, 0.25) is 0 Å². The van der Waals surface area contributed by atoms with Crippen molar-refractivity contribution in [1.29, 1.82) is 0 Å². The van der Waals surface area contributed by atoms with Crippen LogP contribution >= 0.6 is 7.60 Å². The number of allylic oxidation sites excluding steroid dienone is 1. The molecule has 0 fully saturated rings. The van der Waals surface area contributed by atoms with Crippen molar-refractivity contribution in [3.63, 3.8) is 0 Å². The Hall–Kier alpha value is 0.590. The van der Waals surface area contributed by atoms with Crippen molar-refractivity contribution in [2.24, 2.45) is 5.73 Å². The third-order valence-electron chi connectivity index (χ3n) is 1.01. The third kappa shape index (κ3) is 7.65. The molecule has 0 saturated heterocycles. The van der Waals surface area contributed by atoms with Gasteiger partial charge in [-0.15, -0.1) is 13.2 Å². The van der Waals surface area contributed by atoms with Crippen LogP contribution in [0.3, 0.4) is 0 Å². The first-order valence-electron chi connectivity index (χ1n) is 3.48. The second kappa shape index (κ2) is 9.16. The minimum absolute atomic E-state index is 0. The molecule has 1 atom stereocenters. The summed E-state index contributed by atoms with van der Waals surface area (Å²) in [5.41, 5.74) is 5.08. The van der Waals surface area contributed by atoms with Crippen LogP contribution in [-0.2, 0) is 13.6 Å². The van der Waals surface area contributed by atoms with Crippen LogP contribution in [0.15, 0.2) is 25.3 Å². The number of nitrogens with two attached hydrogens (primary N) is 1. The molecule has 0 bridgehead atoms. The number of hydrogen-bond donors (Lipinski definition) is 1. The molecule has 0 aromatic carbocycles. The molecule has 13 heavy (non-hydrogen) atoms. The summed E-state index contributed by atoms with van der Waals surface area (Å²) in [6.45, 7) is 6.93. The maximum absolute atomic E-state index is 11.5. The Morgan fingerprint density at radius 2 is 1.92 bits per heavy atom. The molecule has 0 rings (SSSR count). The van der Waals surface area contributed by atoms with E-state index in [-0.39, 0.29) is 49.1 Å². The van der Waals surface area contributed by atoms with Crippen molar-refractivity contribution >= 4 is 37.2 Å². The van der Waals surface area contributed by atoms with E-state index in [4.69, 9.17) is 14.8 Å². The summed E-state index contributed by atoms with van der Waals surface area (Å²) in [5, 5.41) is 0. The Morgan fingerprint density at radius 3 is 2.31 bits per heavy atom. The van der Waals surface area contributed by atoms with E-state index in [0.29, 0.717) is 0 Å². The molecular weight excluding hydrogens is 200 g/mol. The zero-order valence-corrected chi connectivity index (χ0v) is 7.83. The van der Waals surface area contributed by atoms with E-state index in [1.807, 2.05) is 0 Å². The van der Waals surface area contributed by atoms with Crippen molar-refractivity contribution in [1.82, 2.24) is 0 Å². The molecule has 0 amide bonds. The van der Waals surface area contributed by atoms with Gasteiger partial charge < -0.3 is 10.3 Å². The van der Waals surface area contributed by atoms with Gasteiger partial charge in [0.05, 0.1) is 12.8 Å². The van der Waals surface area contributed by atoms with Crippen LogP contribution in [0, 0.1) is 0 Å². The molecule has 0 spiro atoms. The summed E-state index contributed by atoms with van der Waals surface area (Å²) in [5.74, 6) is 0. The average molecular weight is 215 g/mol. The molecule has 0 aliphatic heterocycles. The van der Waals surface area contributed by atoms with E-state index in [2.05, 4.69) is 13.2 Å². The molecule has 6 heteroatoms. The fourth-order valence-corrected chi connectivity index (χ4v) is 1.74. The van der Waals surface area contributed by atoms with Crippen LogP contribution in [0.1, 0.15) is 0 Å². The molecule has 0 saturated carbocycles. The van der Waals surface area contributed by atoms with E-state index in [1.165, 1.54) is 12.2 Å². The fraction of sp³-hybridized carbons (Fsp3) is 0.429. The average Bonchev–Trinajstić information content (AvgIpc) is 2.02. The molecule has 0 aliphatic rings. The molecule has 4 nitrogen and oxygen atoms in total. The van der Waals surface area contributed by atoms with Gasteiger partial charge in [-0.1, -0.05) is 12.2 Å². The van der Waals surface area contributed by atoms with E-state index < -0.39 is 7.60 Å². The molecule has 0 heterocycles. The Bertz CT molecular complexity index is 198. The van der Waals surface area contributed by atoms with Gasteiger partial charge >= 0.3 is 37.2 Å². The monoisotopic (exact) mass is 215 g/mol. The number of hydrogen-bond acceptors (Lipinski definition) is 4. The van der Waals surface area contributed by atoms with Gasteiger partial charge in [0.2, 0.25) is 0 Å². The molecule has 0 aromatic heterocycles. The Balaban J connectivity index is 0. The normalized spacial score (nSPS) is 13.9. The van der Waals surface area contributed by atoms with Crippen LogP contribution in [0.25, 0.3) is 0 Å². The quantitative estimate of drug-likeness (QED) is 0.296. The zero-order chi connectivity index (χ0) is 9.45. The van der Waals surface area contributed by atoms with Gasteiger partial charge in [0.1, 0.15) is 6.73 Å². The maximum atomic E-state index is 11.5. The van der Waals surface area contributed by atoms with Crippen molar-refractivity contribution in [3.05, 3.63) is 25.3 Å². The summed E-state index contributed by atoms with van der Waals surface area (Å²) in [6.07, 6.45) is 3.13. The third-order valence-corrected chi connectivity index (χ3v) is 2.80. The van der Waals surface area contributed by atoms with Crippen LogP contribution in [0.4, 0.5) is 0 Å². The Morgan fingerprint density at radius 1 is 1.31 bits per heavy atom. The minimum atomic E-state index is -3.05. The SMILES string of the molecule is C=CCOP(=O)(CC=C)OCN.[NaH]. The predicted octanol–water partition coefficient (Wildman–Crippen LogP) is 0.852.